The van der Waals surface area contributed by atoms with Gasteiger partial charge in [-0.1, -0.05) is 48.5 Å². The first-order chi connectivity index (χ1) is 18.3. The highest BCUT2D eigenvalue weighted by atomic mass is 16.6. The zero-order valence-electron chi connectivity index (χ0n) is 19.6. The van der Waals surface area contributed by atoms with E-state index < -0.39 is 48.4 Å². The molecule has 5 rings (SSSR count). The van der Waals surface area contributed by atoms with E-state index in [0.717, 1.165) is 0 Å². The maximum absolute atomic E-state index is 12.7. The number of aliphatic hydroxyl groups is 2. The van der Waals surface area contributed by atoms with Crippen LogP contribution in [-0.2, 0) is 14.3 Å². The average molecular weight is 518 g/mol. The van der Waals surface area contributed by atoms with Crippen LogP contribution in [0.25, 0.3) is 11.2 Å². The van der Waals surface area contributed by atoms with E-state index in [1.54, 1.807) is 48.5 Å². The van der Waals surface area contributed by atoms with Crippen molar-refractivity contribution in [3.63, 3.8) is 0 Å². The lowest BCUT2D eigenvalue weighted by atomic mass is 10.0. The van der Waals surface area contributed by atoms with E-state index in [4.69, 9.17) is 4.74 Å². The zero-order valence-corrected chi connectivity index (χ0v) is 19.6. The predicted molar refractivity (Wildman–Crippen MR) is 131 cm³/mol. The van der Waals surface area contributed by atoms with Gasteiger partial charge in [0.15, 0.2) is 35.4 Å². The van der Waals surface area contributed by atoms with Crippen molar-refractivity contribution in [3.8, 4) is 0 Å². The Balaban J connectivity index is 1.39. The predicted octanol–water partition coefficient (Wildman–Crippen LogP) is 0.640. The molecule has 0 spiro atoms. The molecule has 13 nitrogen and oxygen atoms in total. The van der Waals surface area contributed by atoms with Crippen LogP contribution in [0, 0.1) is 0 Å². The third kappa shape index (κ3) is 4.68. The molecule has 1 fully saturated rings. The smallest absolute Gasteiger partial charge is 0.335 e. The average Bonchev–Trinajstić information content (AvgIpc) is 3.51. The first kappa shape index (κ1) is 25.0. The number of hydrogen-bond acceptors (Lipinski definition) is 9. The Morgan fingerprint density at radius 3 is 2.34 bits per heavy atom. The molecular weight excluding hydrogens is 496 g/mol. The largest absolute Gasteiger partial charge is 0.479 e. The third-order valence-electron chi connectivity index (χ3n) is 6.09. The molecule has 2 aromatic carbocycles. The van der Waals surface area contributed by atoms with E-state index in [9.17, 15) is 29.7 Å². The monoisotopic (exact) mass is 518 g/mol. The van der Waals surface area contributed by atoms with Gasteiger partial charge in [-0.2, -0.15) is 0 Å². The molecule has 38 heavy (non-hydrogen) atoms. The highest BCUT2D eigenvalue weighted by Crippen LogP contribution is 2.33. The third-order valence-corrected chi connectivity index (χ3v) is 6.09. The van der Waals surface area contributed by atoms with Crippen molar-refractivity contribution < 1.29 is 34.4 Å². The number of hydrogen-bond donors (Lipinski definition) is 5. The van der Waals surface area contributed by atoms with Crippen LogP contribution in [0.1, 0.15) is 28.3 Å². The minimum Gasteiger partial charge on any atom is -0.479 e. The van der Waals surface area contributed by atoms with Crippen LogP contribution < -0.4 is 10.6 Å². The number of benzene rings is 2. The molecule has 194 valence electrons. The second kappa shape index (κ2) is 10.3. The number of imidazole rings is 1. The normalized spacial score (nSPS) is 21.6. The Labute approximate surface area is 214 Å². The number of aromatic nitrogens is 4. The molecule has 0 radical (unpaired) electrons. The van der Waals surface area contributed by atoms with Gasteiger partial charge in [0.25, 0.3) is 11.8 Å². The van der Waals surface area contributed by atoms with Crippen molar-refractivity contribution >= 4 is 34.8 Å². The fourth-order valence-corrected chi connectivity index (χ4v) is 4.20. The van der Waals surface area contributed by atoms with E-state index in [0.29, 0.717) is 11.1 Å². The minimum absolute atomic E-state index is 0.0979. The number of carbonyl (C=O) groups is 3. The highest BCUT2D eigenvalue weighted by molar-refractivity contribution is 6.06. The fourth-order valence-electron chi connectivity index (χ4n) is 4.20. The summed E-state index contributed by atoms with van der Waals surface area (Å²) in [7, 11) is 0. The Kier molecular flexibility index (Phi) is 6.79. The number of aliphatic hydroxyl groups excluding tert-OH is 2. The topological polar surface area (TPSA) is 189 Å². The van der Waals surface area contributed by atoms with Gasteiger partial charge in [-0.15, -0.1) is 0 Å². The summed E-state index contributed by atoms with van der Waals surface area (Å²) in [4.78, 5) is 49.7. The van der Waals surface area contributed by atoms with Gasteiger partial charge in [0.05, 0.1) is 12.4 Å². The summed E-state index contributed by atoms with van der Waals surface area (Å²) in [6.45, 7) is 0. The van der Waals surface area contributed by atoms with Crippen LogP contribution in [0.2, 0.25) is 0 Å². The number of fused-ring (bicyclic) bond motifs is 1. The lowest BCUT2D eigenvalue weighted by molar-refractivity contribution is -0.152. The van der Waals surface area contributed by atoms with Gasteiger partial charge in [-0.25, -0.2) is 19.7 Å². The SMILES string of the molecule is O=C(Nc1ncnc2c1ncn2[C@@H]1O[C@H](C(=O)O)[C@@H](NC(=O)[C@H](O)c2ccccc2)[C@H]1O)c1ccccc1. The summed E-state index contributed by atoms with van der Waals surface area (Å²) < 4.78 is 6.89. The molecule has 13 heteroatoms. The van der Waals surface area contributed by atoms with Crippen LogP contribution in [0.4, 0.5) is 5.82 Å². The van der Waals surface area contributed by atoms with E-state index in [-0.39, 0.29) is 17.0 Å². The number of aliphatic carboxylic acids is 1. The zero-order chi connectivity index (χ0) is 26.8. The summed E-state index contributed by atoms with van der Waals surface area (Å²) in [5, 5.41) is 36.2. The quantitative estimate of drug-likeness (QED) is 0.232. The standard InChI is InChI=1S/C25H22N6O7/c32-17(13-7-3-1-4-8-13)23(35)29-15-18(33)24(38-19(15)25(36)37)31-12-28-16-20(26-11-27-21(16)31)30-22(34)14-9-5-2-6-10-14/h1-12,15,17-19,24,32-33H,(H,29,35)(H,36,37)(H,26,27,30,34)/t15-,17+,18+,19-,24+/m0/s1. The van der Waals surface area contributed by atoms with Crippen molar-refractivity contribution in [3.05, 3.63) is 84.4 Å². The number of ether oxygens (including phenoxy) is 1. The molecule has 1 aliphatic heterocycles. The Bertz CT molecular complexity index is 1480. The number of rotatable bonds is 7. The molecule has 0 saturated carbocycles. The summed E-state index contributed by atoms with van der Waals surface area (Å²) in [5.41, 5.74) is 1.01. The van der Waals surface area contributed by atoms with Gasteiger partial charge in [-0.05, 0) is 17.7 Å². The molecule has 1 aliphatic rings. The molecule has 1 saturated heterocycles. The van der Waals surface area contributed by atoms with Gasteiger partial charge >= 0.3 is 5.97 Å². The number of carboxylic acids is 1. The molecule has 2 aromatic heterocycles. The molecule has 2 amide bonds. The van der Waals surface area contributed by atoms with Crippen molar-refractivity contribution in [1.82, 2.24) is 24.8 Å². The molecule has 5 atom stereocenters. The first-order valence-electron chi connectivity index (χ1n) is 11.5. The number of carboxylic acid groups (broad SMARTS) is 1. The van der Waals surface area contributed by atoms with Gasteiger partial charge in [0.1, 0.15) is 12.4 Å². The van der Waals surface area contributed by atoms with Crippen molar-refractivity contribution in [2.24, 2.45) is 0 Å². The Morgan fingerprint density at radius 1 is 0.974 bits per heavy atom. The fraction of sp³-hybridized carbons (Fsp3) is 0.200. The number of nitrogens with zero attached hydrogens (tertiary/aromatic N) is 4. The summed E-state index contributed by atoms with van der Waals surface area (Å²) in [6.07, 6.45) is -3.67. The Hall–Kier alpha value is -4.72. The molecule has 5 N–H and O–H groups in total. The molecule has 0 bridgehead atoms. The number of nitrogens with one attached hydrogen (secondary N) is 2. The van der Waals surface area contributed by atoms with Crippen molar-refractivity contribution in [2.75, 3.05) is 5.32 Å². The van der Waals surface area contributed by atoms with Crippen LogP contribution in [0.15, 0.2) is 73.3 Å². The lowest BCUT2D eigenvalue weighted by Crippen LogP contribution is -2.51. The van der Waals surface area contributed by atoms with E-state index in [1.165, 1.54) is 29.4 Å². The maximum atomic E-state index is 12.7. The second-order valence-corrected chi connectivity index (χ2v) is 8.49. The van der Waals surface area contributed by atoms with Crippen molar-refractivity contribution in [2.45, 2.75) is 30.6 Å². The second-order valence-electron chi connectivity index (χ2n) is 8.49. The molecule has 3 heterocycles. The van der Waals surface area contributed by atoms with E-state index in [1.807, 2.05) is 0 Å². The molecule has 0 aliphatic carbocycles. The van der Waals surface area contributed by atoms with Gasteiger partial charge < -0.3 is 30.7 Å². The van der Waals surface area contributed by atoms with Crippen LogP contribution in [0.5, 0.6) is 0 Å². The van der Waals surface area contributed by atoms with Gasteiger partial charge in [0, 0.05) is 5.56 Å². The number of amides is 2. The van der Waals surface area contributed by atoms with Crippen LogP contribution in [-0.4, -0.2) is 70.9 Å². The first-order valence-corrected chi connectivity index (χ1v) is 11.5. The van der Waals surface area contributed by atoms with Crippen molar-refractivity contribution in [1.29, 1.82) is 0 Å². The maximum Gasteiger partial charge on any atom is 0.335 e. The highest BCUT2D eigenvalue weighted by Gasteiger charge is 2.50. The lowest BCUT2D eigenvalue weighted by Gasteiger charge is -2.22. The van der Waals surface area contributed by atoms with Gasteiger partial charge in [-0.3, -0.25) is 14.2 Å². The number of carbonyl (C=O) groups excluding carboxylic acids is 2. The van der Waals surface area contributed by atoms with Crippen LogP contribution in [0.3, 0.4) is 0 Å². The Morgan fingerprint density at radius 2 is 1.66 bits per heavy atom. The van der Waals surface area contributed by atoms with E-state index in [2.05, 4.69) is 25.6 Å². The number of anilines is 1. The van der Waals surface area contributed by atoms with Crippen LogP contribution >= 0.6 is 0 Å². The molecular formula is C25H22N6O7. The summed E-state index contributed by atoms with van der Waals surface area (Å²) >= 11 is 0. The summed E-state index contributed by atoms with van der Waals surface area (Å²) in [6, 6.07) is 15.1. The molecule has 4 aromatic rings. The van der Waals surface area contributed by atoms with Gasteiger partial charge in [0.2, 0.25) is 0 Å². The minimum atomic E-state index is -1.64. The molecule has 0 unspecified atom stereocenters. The van der Waals surface area contributed by atoms with E-state index >= 15 is 0 Å². The summed E-state index contributed by atoms with van der Waals surface area (Å²) in [5.74, 6) is -2.66.